The van der Waals surface area contributed by atoms with Gasteiger partial charge >= 0.3 is 0 Å². The topological polar surface area (TPSA) is 62.4 Å². The molecule has 1 amide bonds. The van der Waals surface area contributed by atoms with Crippen LogP contribution in [0.1, 0.15) is 18.4 Å². The van der Waals surface area contributed by atoms with Gasteiger partial charge in [0, 0.05) is 6.54 Å². The Kier molecular flexibility index (Phi) is 3.71. The number of carbonyl (C=O) groups is 1. The average Bonchev–Trinajstić information content (AvgIpc) is 2.90. The van der Waals surface area contributed by atoms with Crippen molar-refractivity contribution < 1.29 is 9.63 Å². The van der Waals surface area contributed by atoms with Gasteiger partial charge in [0.05, 0.1) is 0 Å². The normalized spacial score (nSPS) is 20.3. The highest BCUT2D eigenvalue weighted by molar-refractivity contribution is 5.93. The molecule has 0 bridgehead atoms. The molecule has 106 valence electrons. The van der Waals surface area contributed by atoms with E-state index in [2.05, 4.69) is 16.1 Å². The Morgan fingerprint density at radius 2 is 2.00 bits per heavy atom. The van der Waals surface area contributed by atoms with Crippen LogP contribution in [0, 0.1) is 0 Å². The number of benzene rings is 1. The molecule has 0 aromatic heterocycles. The van der Waals surface area contributed by atoms with Crippen LogP contribution in [0.4, 0.5) is 0 Å². The maximum atomic E-state index is 12.1. The van der Waals surface area contributed by atoms with Crippen LogP contribution < -0.4 is 16.1 Å². The van der Waals surface area contributed by atoms with E-state index in [1.54, 1.807) is 0 Å². The Morgan fingerprint density at radius 3 is 2.75 bits per heavy atom. The van der Waals surface area contributed by atoms with Crippen molar-refractivity contribution in [2.45, 2.75) is 25.0 Å². The third kappa shape index (κ3) is 2.84. The van der Waals surface area contributed by atoms with E-state index in [0.29, 0.717) is 12.2 Å². The van der Waals surface area contributed by atoms with Gasteiger partial charge in [0.1, 0.15) is 11.3 Å². The number of rotatable bonds is 3. The molecule has 0 aliphatic carbocycles. The molecular formula is C15H19N3O2. The molecule has 2 aliphatic heterocycles. The average molecular weight is 273 g/mol. The molecule has 1 aromatic carbocycles. The van der Waals surface area contributed by atoms with E-state index in [1.807, 2.05) is 36.4 Å². The van der Waals surface area contributed by atoms with E-state index >= 15 is 0 Å². The highest BCUT2D eigenvalue weighted by atomic mass is 16.7. The summed E-state index contributed by atoms with van der Waals surface area (Å²) < 4.78 is 0. The van der Waals surface area contributed by atoms with Gasteiger partial charge in [-0.3, -0.25) is 15.1 Å². The highest BCUT2D eigenvalue weighted by Gasteiger charge is 2.37. The molecule has 5 nitrogen and oxygen atoms in total. The van der Waals surface area contributed by atoms with E-state index in [-0.39, 0.29) is 11.5 Å². The number of carbonyl (C=O) groups excluding carboxylic acids is 1. The fraction of sp³-hybridized carbons (Fsp3) is 0.400. The fourth-order valence-corrected chi connectivity index (χ4v) is 2.56. The second kappa shape index (κ2) is 5.64. The first-order valence-corrected chi connectivity index (χ1v) is 6.97. The Labute approximate surface area is 118 Å². The molecule has 5 heteroatoms. The van der Waals surface area contributed by atoms with Gasteiger partial charge in [-0.1, -0.05) is 30.3 Å². The summed E-state index contributed by atoms with van der Waals surface area (Å²) in [6.45, 7) is 2.35. The molecule has 20 heavy (non-hydrogen) atoms. The van der Waals surface area contributed by atoms with E-state index in [1.165, 1.54) is 0 Å². The smallest absolute Gasteiger partial charge is 0.269 e. The number of hydrogen-bond acceptors (Lipinski definition) is 4. The van der Waals surface area contributed by atoms with Crippen LogP contribution in [0.3, 0.4) is 0 Å². The zero-order valence-electron chi connectivity index (χ0n) is 11.3. The van der Waals surface area contributed by atoms with Gasteiger partial charge in [0.15, 0.2) is 0 Å². The number of amides is 1. The lowest BCUT2D eigenvalue weighted by Crippen LogP contribution is -2.42. The van der Waals surface area contributed by atoms with Gasteiger partial charge in [0.2, 0.25) is 0 Å². The van der Waals surface area contributed by atoms with Crippen LogP contribution in [-0.4, -0.2) is 24.6 Å². The maximum absolute atomic E-state index is 12.1. The molecule has 0 saturated carbocycles. The maximum Gasteiger partial charge on any atom is 0.269 e. The predicted octanol–water partition coefficient (Wildman–Crippen LogP) is 0.844. The Morgan fingerprint density at radius 1 is 1.25 bits per heavy atom. The van der Waals surface area contributed by atoms with Crippen molar-refractivity contribution in [2.75, 3.05) is 13.1 Å². The summed E-state index contributed by atoms with van der Waals surface area (Å²) in [5.41, 5.74) is 4.06. The van der Waals surface area contributed by atoms with Gasteiger partial charge in [0.25, 0.3) is 5.91 Å². The molecule has 1 spiro atoms. The zero-order chi connectivity index (χ0) is 13.8. The van der Waals surface area contributed by atoms with Crippen LogP contribution >= 0.6 is 0 Å². The molecule has 3 rings (SSSR count). The largest absolute Gasteiger partial charge is 0.347 e. The first-order valence-electron chi connectivity index (χ1n) is 6.97. The van der Waals surface area contributed by atoms with Crippen molar-refractivity contribution >= 4 is 5.91 Å². The molecule has 0 radical (unpaired) electrons. The van der Waals surface area contributed by atoms with Crippen molar-refractivity contribution in [2.24, 2.45) is 0 Å². The fourth-order valence-electron chi connectivity index (χ4n) is 2.56. The molecule has 1 fully saturated rings. The molecule has 2 heterocycles. The number of hydroxylamine groups is 1. The van der Waals surface area contributed by atoms with Gasteiger partial charge in [-0.05, 0) is 37.6 Å². The van der Waals surface area contributed by atoms with Crippen molar-refractivity contribution in [1.29, 1.82) is 0 Å². The quantitative estimate of drug-likeness (QED) is 0.764. The van der Waals surface area contributed by atoms with Crippen LogP contribution in [0.25, 0.3) is 0 Å². The first-order chi connectivity index (χ1) is 9.77. The first kappa shape index (κ1) is 13.1. The van der Waals surface area contributed by atoms with Crippen LogP contribution in [0.5, 0.6) is 0 Å². The lowest BCUT2D eigenvalue weighted by atomic mass is 9.92. The van der Waals surface area contributed by atoms with Crippen LogP contribution in [0.2, 0.25) is 0 Å². The highest BCUT2D eigenvalue weighted by Crippen LogP contribution is 2.29. The van der Waals surface area contributed by atoms with E-state index in [9.17, 15) is 4.79 Å². The van der Waals surface area contributed by atoms with Crippen LogP contribution in [0.15, 0.2) is 42.1 Å². The number of nitrogens with one attached hydrogen (secondary N) is 3. The SMILES string of the molecule is O=C(NCc1ccccc1)C1=CC2(CCNCC2)ON1. The Balaban J connectivity index is 1.59. The van der Waals surface area contributed by atoms with Crippen molar-refractivity contribution in [3.63, 3.8) is 0 Å². The summed E-state index contributed by atoms with van der Waals surface area (Å²) in [6, 6.07) is 9.85. The number of piperidine rings is 1. The molecule has 0 atom stereocenters. The molecule has 2 aliphatic rings. The van der Waals surface area contributed by atoms with E-state index in [0.717, 1.165) is 31.5 Å². The lowest BCUT2D eigenvalue weighted by Gasteiger charge is -2.29. The summed E-state index contributed by atoms with van der Waals surface area (Å²) in [6.07, 6.45) is 3.69. The third-order valence-electron chi connectivity index (χ3n) is 3.76. The van der Waals surface area contributed by atoms with Gasteiger partial charge in [-0.25, -0.2) is 0 Å². The monoisotopic (exact) mass is 273 g/mol. The van der Waals surface area contributed by atoms with Crippen LogP contribution in [-0.2, 0) is 16.2 Å². The van der Waals surface area contributed by atoms with Gasteiger partial charge in [-0.2, -0.15) is 0 Å². The summed E-state index contributed by atoms with van der Waals surface area (Å²) in [5.74, 6) is -0.121. The minimum absolute atomic E-state index is 0.121. The van der Waals surface area contributed by atoms with Crippen molar-refractivity contribution in [1.82, 2.24) is 16.1 Å². The standard InChI is InChI=1S/C15H19N3O2/c19-14(17-11-12-4-2-1-3-5-12)13-10-15(20-18-13)6-8-16-9-7-15/h1-5,10,16,18H,6-9,11H2,(H,17,19). The van der Waals surface area contributed by atoms with Gasteiger partial charge < -0.3 is 10.6 Å². The molecule has 1 saturated heterocycles. The molecule has 0 unspecified atom stereocenters. The summed E-state index contributed by atoms with van der Waals surface area (Å²) in [4.78, 5) is 17.7. The third-order valence-corrected chi connectivity index (χ3v) is 3.76. The summed E-state index contributed by atoms with van der Waals surface area (Å²) in [7, 11) is 0. The second-order valence-corrected chi connectivity index (χ2v) is 5.25. The molecule has 3 N–H and O–H groups in total. The van der Waals surface area contributed by atoms with E-state index in [4.69, 9.17) is 4.84 Å². The number of hydrogen-bond donors (Lipinski definition) is 3. The minimum atomic E-state index is -0.315. The Bertz CT molecular complexity index is 507. The van der Waals surface area contributed by atoms with E-state index < -0.39 is 0 Å². The second-order valence-electron chi connectivity index (χ2n) is 5.25. The summed E-state index contributed by atoms with van der Waals surface area (Å²) in [5, 5.41) is 6.19. The van der Waals surface area contributed by atoms with Crippen molar-refractivity contribution in [3.8, 4) is 0 Å². The summed E-state index contributed by atoms with van der Waals surface area (Å²) >= 11 is 0. The Hall–Kier alpha value is -1.85. The predicted molar refractivity (Wildman–Crippen MR) is 75.4 cm³/mol. The minimum Gasteiger partial charge on any atom is -0.347 e. The van der Waals surface area contributed by atoms with Gasteiger partial charge in [-0.15, -0.1) is 0 Å². The molecule has 1 aromatic rings. The lowest BCUT2D eigenvalue weighted by molar-refractivity contribution is -0.120. The van der Waals surface area contributed by atoms with Crippen molar-refractivity contribution in [3.05, 3.63) is 47.7 Å². The zero-order valence-corrected chi connectivity index (χ0v) is 11.3. The molecular weight excluding hydrogens is 254 g/mol.